The number of rotatable bonds is 4. The van der Waals surface area contributed by atoms with Crippen LogP contribution in [-0.4, -0.2) is 40.4 Å². The van der Waals surface area contributed by atoms with Crippen LogP contribution < -0.4 is 14.4 Å². The molecule has 0 aliphatic carbocycles. The summed E-state index contributed by atoms with van der Waals surface area (Å²) in [5, 5.41) is 4.90. The van der Waals surface area contributed by atoms with Crippen molar-refractivity contribution >= 4 is 23.2 Å². The van der Waals surface area contributed by atoms with E-state index >= 15 is 0 Å². The molecule has 7 nitrogen and oxygen atoms in total. The summed E-state index contributed by atoms with van der Waals surface area (Å²) in [6.45, 7) is 4.30. The van der Waals surface area contributed by atoms with E-state index in [9.17, 15) is 4.79 Å². The van der Waals surface area contributed by atoms with E-state index < -0.39 is 0 Å². The number of nitrogens with zero attached hydrogens (tertiary/aromatic N) is 4. The van der Waals surface area contributed by atoms with Crippen molar-refractivity contribution in [2.45, 2.75) is 26.4 Å². The first-order valence-electron chi connectivity index (χ1n) is 9.37. The lowest BCUT2D eigenvalue weighted by Crippen LogP contribution is -2.42. The number of benzene rings is 2. The van der Waals surface area contributed by atoms with Crippen molar-refractivity contribution in [3.63, 3.8) is 0 Å². The van der Waals surface area contributed by atoms with Crippen LogP contribution in [-0.2, 0) is 6.42 Å². The largest absolute Gasteiger partial charge is 0.496 e. The number of carbonyl (C=O) groups excluding carboxylic acids is 1. The number of halogens is 1. The number of hydrogen-bond donors (Lipinski definition) is 0. The topological polar surface area (TPSA) is 69.5 Å². The lowest BCUT2D eigenvalue weighted by Gasteiger charge is -2.34. The third-order valence-corrected chi connectivity index (χ3v) is 5.07. The first-order chi connectivity index (χ1) is 14.0. The zero-order chi connectivity index (χ0) is 20.5. The molecule has 0 unspecified atom stereocenters. The van der Waals surface area contributed by atoms with E-state index in [4.69, 9.17) is 21.1 Å². The van der Waals surface area contributed by atoms with Crippen molar-refractivity contribution in [2.24, 2.45) is 0 Å². The number of carbonyl (C=O) groups is 1. The van der Waals surface area contributed by atoms with Crippen LogP contribution in [0.15, 0.2) is 42.7 Å². The summed E-state index contributed by atoms with van der Waals surface area (Å²) in [6.07, 6.45) is 2.18. The number of aromatic nitrogens is 3. The predicted molar refractivity (Wildman–Crippen MR) is 111 cm³/mol. The Balaban J connectivity index is 1.77. The molecule has 0 saturated heterocycles. The third-order valence-electron chi connectivity index (χ3n) is 4.77. The molecule has 29 heavy (non-hydrogen) atoms. The molecule has 150 valence electrons. The van der Waals surface area contributed by atoms with Gasteiger partial charge in [-0.2, -0.15) is 5.10 Å². The molecule has 1 aromatic heterocycles. The standard InChI is InChI=1S/C21H21ClN4O3/c1-4-19-23-12-26(24-19)14-8-9-18(28-3)15(10-14)21(27)25-11-13(2)29-20-16(22)6-5-7-17(20)25/h5-10,12-13H,4,11H2,1-3H3/t13-/m0/s1. The van der Waals surface area contributed by atoms with Gasteiger partial charge >= 0.3 is 0 Å². The number of aryl methyl sites for hydroxylation is 1. The van der Waals surface area contributed by atoms with Gasteiger partial charge in [-0.25, -0.2) is 9.67 Å². The number of fused-ring (bicyclic) bond motifs is 1. The SMILES string of the molecule is CCc1ncn(-c2ccc(OC)c(C(=O)N3C[C@H](C)Oc4c(Cl)cccc43)c2)n1. The zero-order valence-electron chi connectivity index (χ0n) is 16.4. The number of ether oxygens (including phenoxy) is 2. The molecule has 0 fully saturated rings. The first kappa shape index (κ1) is 19.3. The number of methoxy groups -OCH3 is 1. The van der Waals surface area contributed by atoms with Crippen molar-refractivity contribution in [3.8, 4) is 17.2 Å². The van der Waals surface area contributed by atoms with Crippen LogP contribution in [0.3, 0.4) is 0 Å². The average Bonchev–Trinajstić information content (AvgIpc) is 3.22. The summed E-state index contributed by atoms with van der Waals surface area (Å²) in [6, 6.07) is 10.7. The molecule has 1 amide bonds. The highest BCUT2D eigenvalue weighted by Gasteiger charge is 2.31. The van der Waals surface area contributed by atoms with Crippen LogP contribution in [0.5, 0.6) is 11.5 Å². The van der Waals surface area contributed by atoms with Gasteiger partial charge in [-0.1, -0.05) is 24.6 Å². The van der Waals surface area contributed by atoms with E-state index in [0.29, 0.717) is 34.3 Å². The van der Waals surface area contributed by atoms with Gasteiger partial charge in [0.25, 0.3) is 5.91 Å². The Morgan fingerprint density at radius 1 is 1.34 bits per heavy atom. The molecule has 3 aromatic rings. The Kier molecular flexibility index (Phi) is 5.15. The maximum Gasteiger partial charge on any atom is 0.262 e. The molecule has 1 aliphatic heterocycles. The average molecular weight is 413 g/mol. The van der Waals surface area contributed by atoms with Crippen molar-refractivity contribution in [1.29, 1.82) is 0 Å². The fraction of sp³-hybridized carbons (Fsp3) is 0.286. The summed E-state index contributed by atoms with van der Waals surface area (Å²) in [5.41, 5.74) is 1.80. The second-order valence-corrected chi connectivity index (χ2v) is 7.18. The van der Waals surface area contributed by atoms with Gasteiger partial charge in [0, 0.05) is 6.42 Å². The summed E-state index contributed by atoms with van der Waals surface area (Å²) in [5.74, 6) is 1.54. The molecule has 1 aliphatic rings. The summed E-state index contributed by atoms with van der Waals surface area (Å²) in [4.78, 5) is 19.5. The maximum absolute atomic E-state index is 13.5. The minimum atomic E-state index is -0.196. The predicted octanol–water partition coefficient (Wildman–Crippen LogP) is 3.92. The van der Waals surface area contributed by atoms with Crippen LogP contribution in [0.4, 0.5) is 5.69 Å². The molecule has 4 rings (SSSR count). The summed E-state index contributed by atoms with van der Waals surface area (Å²) < 4.78 is 13.0. The van der Waals surface area contributed by atoms with Gasteiger partial charge in [-0.05, 0) is 37.3 Å². The lowest BCUT2D eigenvalue weighted by atomic mass is 10.1. The Morgan fingerprint density at radius 3 is 2.90 bits per heavy atom. The molecular weight excluding hydrogens is 392 g/mol. The summed E-state index contributed by atoms with van der Waals surface area (Å²) in [7, 11) is 1.54. The van der Waals surface area contributed by atoms with Crippen LogP contribution in [0.25, 0.3) is 5.69 Å². The molecule has 2 aromatic carbocycles. The van der Waals surface area contributed by atoms with Gasteiger partial charge in [0.1, 0.15) is 18.2 Å². The van der Waals surface area contributed by atoms with Crippen LogP contribution in [0.1, 0.15) is 30.0 Å². The second-order valence-electron chi connectivity index (χ2n) is 6.78. The lowest BCUT2D eigenvalue weighted by molar-refractivity contribution is 0.0958. The monoisotopic (exact) mass is 412 g/mol. The highest BCUT2D eigenvalue weighted by atomic mass is 35.5. The van der Waals surface area contributed by atoms with Crippen LogP contribution >= 0.6 is 11.6 Å². The van der Waals surface area contributed by atoms with Crippen molar-refractivity contribution in [3.05, 3.63) is 59.1 Å². The molecule has 0 radical (unpaired) electrons. The normalized spacial score (nSPS) is 15.6. The second kappa shape index (κ2) is 7.75. The number of hydrogen-bond acceptors (Lipinski definition) is 5. The number of para-hydroxylation sites is 1. The molecular formula is C21H21ClN4O3. The Morgan fingerprint density at radius 2 is 2.17 bits per heavy atom. The van der Waals surface area contributed by atoms with Gasteiger partial charge < -0.3 is 14.4 Å². The Hall–Kier alpha value is -3.06. The molecule has 0 spiro atoms. The van der Waals surface area contributed by atoms with E-state index in [1.807, 2.05) is 26.0 Å². The van der Waals surface area contributed by atoms with Gasteiger partial charge in [0.2, 0.25) is 0 Å². The smallest absolute Gasteiger partial charge is 0.262 e. The van der Waals surface area contributed by atoms with Crippen molar-refractivity contribution in [2.75, 3.05) is 18.6 Å². The zero-order valence-corrected chi connectivity index (χ0v) is 17.2. The minimum Gasteiger partial charge on any atom is -0.496 e. The fourth-order valence-electron chi connectivity index (χ4n) is 3.35. The third kappa shape index (κ3) is 3.53. The molecule has 8 heteroatoms. The molecule has 0 N–H and O–H groups in total. The van der Waals surface area contributed by atoms with Crippen molar-refractivity contribution < 1.29 is 14.3 Å². The van der Waals surface area contributed by atoms with E-state index in [0.717, 1.165) is 17.9 Å². The number of anilines is 1. The van der Waals surface area contributed by atoms with Gasteiger partial charge in [0.05, 0.1) is 35.6 Å². The van der Waals surface area contributed by atoms with Gasteiger partial charge in [-0.3, -0.25) is 4.79 Å². The highest BCUT2D eigenvalue weighted by molar-refractivity contribution is 6.32. The molecule has 0 bridgehead atoms. The quantitative estimate of drug-likeness (QED) is 0.649. The van der Waals surface area contributed by atoms with E-state index in [1.165, 1.54) is 0 Å². The molecule has 0 saturated carbocycles. The highest BCUT2D eigenvalue weighted by Crippen LogP contribution is 2.40. The van der Waals surface area contributed by atoms with Crippen LogP contribution in [0.2, 0.25) is 5.02 Å². The molecule has 2 heterocycles. The van der Waals surface area contributed by atoms with E-state index in [-0.39, 0.29) is 12.0 Å². The number of amides is 1. The van der Waals surface area contributed by atoms with E-state index in [2.05, 4.69) is 10.1 Å². The van der Waals surface area contributed by atoms with Gasteiger partial charge in [-0.15, -0.1) is 0 Å². The van der Waals surface area contributed by atoms with Gasteiger partial charge in [0.15, 0.2) is 11.6 Å². The Bertz CT molecular complexity index is 1070. The minimum absolute atomic E-state index is 0.192. The summed E-state index contributed by atoms with van der Waals surface area (Å²) >= 11 is 6.30. The first-order valence-corrected chi connectivity index (χ1v) is 9.75. The van der Waals surface area contributed by atoms with Crippen molar-refractivity contribution in [1.82, 2.24) is 14.8 Å². The molecule has 1 atom stereocenters. The maximum atomic E-state index is 13.5. The van der Waals surface area contributed by atoms with Crippen LogP contribution in [0, 0.1) is 0 Å². The Labute approximate surface area is 173 Å². The fourth-order valence-corrected chi connectivity index (χ4v) is 3.56. The van der Waals surface area contributed by atoms with E-state index in [1.54, 1.807) is 47.3 Å².